The second-order valence-corrected chi connectivity index (χ2v) is 29.9. The van der Waals surface area contributed by atoms with Gasteiger partial charge in [0.1, 0.15) is 30.4 Å². The fourth-order valence-electron chi connectivity index (χ4n) is 13.3. The lowest BCUT2D eigenvalue weighted by atomic mass is 10.00. The van der Waals surface area contributed by atoms with Gasteiger partial charge in [0.15, 0.2) is 29.2 Å². The van der Waals surface area contributed by atoms with Crippen molar-refractivity contribution in [3.63, 3.8) is 0 Å². The third-order valence-corrected chi connectivity index (χ3v) is 20.2. The highest BCUT2D eigenvalue weighted by Gasteiger charge is 2.54. The van der Waals surface area contributed by atoms with Gasteiger partial charge >= 0.3 is 22.4 Å². The van der Waals surface area contributed by atoms with Gasteiger partial charge in [-0.3, -0.25) is 29.0 Å². The highest BCUT2D eigenvalue weighted by atomic mass is 32.2. The van der Waals surface area contributed by atoms with Gasteiger partial charge in [-0.2, -0.15) is 13.1 Å². The molecule has 6 N–H and O–H groups in total. The van der Waals surface area contributed by atoms with Gasteiger partial charge in [0.2, 0.25) is 11.8 Å². The Morgan fingerprint density at radius 3 is 2.05 bits per heavy atom. The Labute approximate surface area is 588 Å². The maximum absolute atomic E-state index is 14.3. The number of carbonyl (C=O) groups excluding carboxylic acids is 7. The number of carbonyl (C=O) groups is 7. The number of aliphatic hydroxyl groups excluding tert-OH is 1. The molecule has 7 amide bonds. The third-order valence-electron chi connectivity index (χ3n) is 19.0. The third kappa shape index (κ3) is 17.4. The second-order valence-electron chi connectivity index (χ2n) is 28.4. The fraction of sp³-hybridized carbons (Fsp3) is 0.549. The van der Waals surface area contributed by atoms with Gasteiger partial charge in [-0.1, -0.05) is 42.3 Å². The van der Waals surface area contributed by atoms with Crippen LogP contribution in [0.5, 0.6) is 23.0 Å². The number of rotatable bonds is 28. The number of fused-ring (bicyclic) bond motifs is 6. The lowest BCUT2D eigenvalue weighted by molar-refractivity contribution is -0.146. The van der Waals surface area contributed by atoms with E-state index in [2.05, 4.69) is 36.0 Å². The summed E-state index contributed by atoms with van der Waals surface area (Å²) in [4.78, 5) is 105. The van der Waals surface area contributed by atoms with Crippen LogP contribution in [0.1, 0.15) is 171 Å². The first-order chi connectivity index (χ1) is 47.9. The van der Waals surface area contributed by atoms with Crippen LogP contribution in [0.3, 0.4) is 0 Å². The molecule has 4 aromatic rings. The number of aliphatic hydroxyl groups is 1. The minimum atomic E-state index is -4.39. The molecule has 1 aromatic heterocycles. The van der Waals surface area contributed by atoms with Crippen LogP contribution in [0.4, 0.5) is 26.7 Å². The van der Waals surface area contributed by atoms with Gasteiger partial charge in [0, 0.05) is 66.5 Å². The first kappa shape index (κ1) is 74.6. The minimum absolute atomic E-state index is 0.0458. The lowest BCUT2D eigenvalue weighted by Gasteiger charge is -2.31. The minimum Gasteiger partial charge on any atom is -0.493 e. The molecule has 29 nitrogen and oxygen atoms in total. The molecule has 7 unspecified atom stereocenters. The number of anilines is 2. The molecule has 5 heterocycles. The fourth-order valence-corrected chi connectivity index (χ4v) is 14.4. The first-order valence-corrected chi connectivity index (χ1v) is 35.8. The smallest absolute Gasteiger partial charge is 0.422 e. The molecule has 1 saturated carbocycles. The van der Waals surface area contributed by atoms with E-state index in [0.717, 1.165) is 53.1 Å². The number of benzene rings is 3. The topological polar surface area (TPSA) is 351 Å². The number of hydrogen-bond acceptors (Lipinski definition) is 20. The zero-order valence-corrected chi connectivity index (χ0v) is 60.4. The molecule has 3 aromatic carbocycles. The number of nitrogens with zero attached hydrogens (tertiary/aromatic N) is 7. The van der Waals surface area contributed by atoms with E-state index in [1.54, 1.807) is 81.4 Å². The van der Waals surface area contributed by atoms with Gasteiger partial charge in [-0.25, -0.2) is 23.9 Å². The van der Waals surface area contributed by atoms with Crippen molar-refractivity contribution in [2.75, 3.05) is 44.3 Å². The summed E-state index contributed by atoms with van der Waals surface area (Å²) in [6.07, 6.45) is 7.20. The zero-order valence-electron chi connectivity index (χ0n) is 59.5. The standard InChI is InChI=1S/C71H94N12O17S/c1-39(2)60(75-67(89)71(10,11)99-28-25-70(8,9)78-101(92,93)77-68(90)100-61-47-21-23-51-53(24-22-48(47)61)83(40(3)4)79-76-51)63(85)73-43(7)62(84)74-45-19-17-44(18-20-45)38-98-69(91)82-54-34-59(57(95-13)32-50(54)65(87)81-37-42(6)30-55(81)66(82)88)97-27-16-14-15-26-96-58-33-52-49(31-56(58)94-12)64(86)80-36-41(5)29-46(80)35-72-52/h17-20,31-37,39-40,43,46-48,55,60-61,66,78,88H,14-16,21-30,38H2,1-13H3,(H,73,85)(H,74,84)(H,75,89)(H,77,90)/t43?,46?,47?,48?,55?,60-,61?,66?/m0/s1. The largest absolute Gasteiger partial charge is 0.493 e. The number of hydrogen-bond donors (Lipinski definition) is 6. The Kier molecular flexibility index (Phi) is 22.9. The van der Waals surface area contributed by atoms with Crippen molar-refractivity contribution in [2.24, 2.45) is 22.7 Å². The van der Waals surface area contributed by atoms with Crippen molar-refractivity contribution >= 4 is 75.2 Å². The predicted molar refractivity (Wildman–Crippen MR) is 372 cm³/mol. The van der Waals surface area contributed by atoms with Crippen molar-refractivity contribution in [3.05, 3.63) is 100 Å². The normalized spacial score (nSPS) is 20.6. The molecule has 0 saturated heterocycles. The number of nitrogens with one attached hydrogen (secondary N) is 5. The summed E-state index contributed by atoms with van der Waals surface area (Å²) < 4.78 is 73.8. The van der Waals surface area contributed by atoms with Gasteiger partial charge < -0.3 is 64.0 Å². The van der Waals surface area contributed by atoms with E-state index in [0.29, 0.717) is 66.3 Å². The van der Waals surface area contributed by atoms with E-state index < -0.39 is 93.5 Å². The SMILES string of the molecule is COc1cc2c(cc1OCCCCCOc1cc3c(cc1OC)C(=O)N1C=C(C)CC1C(O)N3C(=O)OCc1ccc(NC(=O)C(C)NC(=O)[C@@H](NC(=O)C(C)(C)OCCC(C)(C)NS(=O)(=O)NC(=O)OC3C4CCc5nnn(C(C)C)c5CCC43)C(C)C)cc1)N=CC1CC(C)=CN1C2=O. The van der Waals surface area contributed by atoms with Gasteiger partial charge in [-0.05, 0) is 162 Å². The van der Waals surface area contributed by atoms with Gasteiger partial charge in [0.25, 0.3) is 17.7 Å². The number of unbranched alkanes of at least 4 members (excludes halogenated alkanes) is 2. The quantitative estimate of drug-likeness (QED) is 0.0291. The number of amides is 7. The number of methoxy groups -OCH3 is 2. The summed E-state index contributed by atoms with van der Waals surface area (Å²) in [6.45, 7) is 19.2. The molecule has 101 heavy (non-hydrogen) atoms. The summed E-state index contributed by atoms with van der Waals surface area (Å²) >= 11 is 0. The first-order valence-electron chi connectivity index (χ1n) is 34.3. The predicted octanol–water partition coefficient (Wildman–Crippen LogP) is 8.23. The molecule has 30 heteroatoms. The second kappa shape index (κ2) is 31.0. The van der Waals surface area contributed by atoms with Crippen LogP contribution in [-0.2, 0) is 58.3 Å². The van der Waals surface area contributed by atoms with Crippen molar-refractivity contribution in [1.82, 2.24) is 44.9 Å². The van der Waals surface area contributed by atoms with Gasteiger partial charge in [-0.15, -0.1) is 5.10 Å². The summed E-state index contributed by atoms with van der Waals surface area (Å²) in [5.41, 5.74) is 3.17. The summed E-state index contributed by atoms with van der Waals surface area (Å²) in [7, 11) is -1.44. The van der Waals surface area contributed by atoms with Crippen molar-refractivity contribution in [1.29, 1.82) is 0 Å². The Morgan fingerprint density at radius 2 is 1.39 bits per heavy atom. The number of ether oxygens (including phenoxy) is 7. The Balaban J connectivity index is 0.669. The van der Waals surface area contributed by atoms with E-state index in [1.165, 1.54) is 52.0 Å². The highest BCUT2D eigenvalue weighted by Crippen LogP contribution is 2.50. The molecule has 1 fully saturated rings. The van der Waals surface area contributed by atoms with Crippen LogP contribution in [0.15, 0.2) is 77.1 Å². The maximum atomic E-state index is 14.3. The molecule has 10 rings (SSSR count). The monoisotopic (exact) mass is 1420 g/mol. The maximum Gasteiger partial charge on any atom is 0.422 e. The van der Waals surface area contributed by atoms with Crippen LogP contribution < -0.4 is 49.2 Å². The van der Waals surface area contributed by atoms with E-state index >= 15 is 0 Å². The molecule has 4 aliphatic heterocycles. The molecular weight excluding hydrogens is 1320 g/mol. The molecule has 8 atom stereocenters. The Morgan fingerprint density at radius 1 is 0.752 bits per heavy atom. The van der Waals surface area contributed by atoms with E-state index in [4.69, 9.17) is 33.2 Å². The molecular formula is C71H94N12O17S. The average Bonchev–Trinajstić information content (AvgIpc) is 1.62. The molecule has 0 radical (unpaired) electrons. The van der Waals surface area contributed by atoms with Crippen molar-refractivity contribution < 1.29 is 80.2 Å². The lowest BCUT2D eigenvalue weighted by Crippen LogP contribution is -2.57. The zero-order chi connectivity index (χ0) is 73.0. The summed E-state index contributed by atoms with van der Waals surface area (Å²) in [5.74, 6) is -1.40. The van der Waals surface area contributed by atoms with Crippen LogP contribution in [-0.4, -0.2) is 168 Å². The number of aryl methyl sites for hydroxylation is 1. The Hall–Kier alpha value is -9.13. The highest BCUT2D eigenvalue weighted by molar-refractivity contribution is 7.88. The molecule has 0 spiro atoms. The summed E-state index contributed by atoms with van der Waals surface area (Å²) in [5, 5.41) is 28.8. The summed E-state index contributed by atoms with van der Waals surface area (Å²) in [6, 6.07) is 9.73. The molecule has 2 aliphatic carbocycles. The number of aromatic nitrogens is 3. The van der Waals surface area contributed by atoms with Crippen LogP contribution in [0.25, 0.3) is 0 Å². The van der Waals surface area contributed by atoms with E-state index in [9.17, 15) is 47.1 Å². The Bertz CT molecular complexity index is 4020. The molecule has 6 aliphatic rings. The van der Waals surface area contributed by atoms with E-state index in [1.807, 2.05) is 43.3 Å². The van der Waals surface area contributed by atoms with Crippen LogP contribution >= 0.6 is 0 Å². The molecule has 546 valence electrons. The van der Waals surface area contributed by atoms with Crippen molar-refractivity contribution in [3.8, 4) is 23.0 Å². The average molecular weight is 1420 g/mol. The van der Waals surface area contributed by atoms with Gasteiger partial charge in [0.05, 0.1) is 73.4 Å². The van der Waals surface area contributed by atoms with Crippen LogP contribution in [0.2, 0.25) is 0 Å². The number of aliphatic imine (C=N–C) groups is 1. The van der Waals surface area contributed by atoms with Crippen molar-refractivity contribution in [2.45, 2.75) is 201 Å². The van der Waals surface area contributed by atoms with Crippen LogP contribution in [0, 0.1) is 17.8 Å². The van der Waals surface area contributed by atoms with E-state index in [-0.39, 0.29) is 85.2 Å². The molecule has 0 bridgehead atoms.